The summed E-state index contributed by atoms with van der Waals surface area (Å²) < 4.78 is 5.45. The third-order valence-electron chi connectivity index (χ3n) is 5.04. The number of hydrogen-bond acceptors (Lipinski definition) is 6. The van der Waals surface area contributed by atoms with E-state index >= 15 is 0 Å². The smallest absolute Gasteiger partial charge is 0.410 e. The first-order valence-electron chi connectivity index (χ1n) is 8.47. The minimum Gasteiger partial charge on any atom is -0.445 e. The fourth-order valence-corrected chi connectivity index (χ4v) is 4.12. The number of carbonyl (C=O) groups is 1. The van der Waals surface area contributed by atoms with E-state index in [4.69, 9.17) is 4.74 Å². The number of benzene rings is 1. The first kappa shape index (κ1) is 18.0. The lowest BCUT2D eigenvalue weighted by atomic mass is 9.97. The summed E-state index contributed by atoms with van der Waals surface area (Å²) in [7, 11) is 2.10. The van der Waals surface area contributed by atoms with Gasteiger partial charge in [-0.15, -0.1) is 0 Å². The van der Waals surface area contributed by atoms with Crippen molar-refractivity contribution in [3.05, 3.63) is 39.9 Å². The van der Waals surface area contributed by atoms with Crippen LogP contribution < -0.4 is 0 Å². The number of hydrogen-bond donors (Lipinski definition) is 1. The molecule has 2 heterocycles. The minimum atomic E-state index is -0.448. The SMILES string of the molecule is CN1CCC([C@@H]2C[C@H](S)CN2C(=O)OCc2ccc([N+](=O)[O-])cc2)C1. The molecule has 3 atom stereocenters. The van der Waals surface area contributed by atoms with E-state index in [1.54, 1.807) is 12.1 Å². The van der Waals surface area contributed by atoms with Crippen LogP contribution in [0.25, 0.3) is 0 Å². The minimum absolute atomic E-state index is 0.0259. The largest absolute Gasteiger partial charge is 0.445 e. The third kappa shape index (κ3) is 4.24. The standard InChI is InChI=1S/C17H23N3O4S/c1-18-7-6-13(9-18)16-8-15(25)10-19(16)17(21)24-11-12-2-4-14(5-3-12)20(22)23/h2-5,13,15-16,25H,6-11H2,1H3/t13?,15-,16-/m0/s1. The van der Waals surface area contributed by atoms with E-state index in [0.29, 0.717) is 12.5 Å². The highest BCUT2D eigenvalue weighted by molar-refractivity contribution is 7.81. The molecule has 7 nitrogen and oxygen atoms in total. The van der Waals surface area contributed by atoms with Gasteiger partial charge >= 0.3 is 6.09 Å². The fraction of sp³-hybridized carbons (Fsp3) is 0.588. The summed E-state index contributed by atoms with van der Waals surface area (Å²) in [6.45, 7) is 2.77. The molecule has 2 saturated heterocycles. The molecule has 8 heteroatoms. The molecule has 2 aliphatic heterocycles. The lowest BCUT2D eigenvalue weighted by Gasteiger charge is -2.28. The van der Waals surface area contributed by atoms with E-state index in [-0.39, 0.29) is 29.7 Å². The Morgan fingerprint density at radius 2 is 2.08 bits per heavy atom. The van der Waals surface area contributed by atoms with Crippen molar-refractivity contribution in [2.45, 2.75) is 30.7 Å². The van der Waals surface area contributed by atoms with Crippen molar-refractivity contribution in [2.75, 3.05) is 26.7 Å². The van der Waals surface area contributed by atoms with E-state index in [2.05, 4.69) is 24.6 Å². The van der Waals surface area contributed by atoms with Crippen LogP contribution in [-0.4, -0.2) is 58.8 Å². The lowest BCUT2D eigenvalue weighted by Crippen LogP contribution is -2.41. The highest BCUT2D eigenvalue weighted by Gasteiger charge is 2.41. The molecule has 0 bridgehead atoms. The molecule has 0 saturated carbocycles. The summed E-state index contributed by atoms with van der Waals surface area (Å²) in [6.07, 6.45) is 1.66. The van der Waals surface area contributed by atoms with E-state index in [0.717, 1.165) is 31.5 Å². The van der Waals surface area contributed by atoms with Crippen LogP contribution in [0.1, 0.15) is 18.4 Å². The lowest BCUT2D eigenvalue weighted by molar-refractivity contribution is -0.384. The van der Waals surface area contributed by atoms with Gasteiger partial charge in [0.15, 0.2) is 0 Å². The predicted octanol–water partition coefficient (Wildman–Crippen LogP) is 2.56. The second-order valence-electron chi connectivity index (χ2n) is 6.90. The van der Waals surface area contributed by atoms with Gasteiger partial charge in [-0.2, -0.15) is 12.6 Å². The number of non-ortho nitro benzene ring substituents is 1. The second-order valence-corrected chi connectivity index (χ2v) is 7.63. The molecule has 0 aromatic heterocycles. The number of nitro benzene ring substituents is 1. The molecule has 0 N–H and O–H groups in total. The fourth-order valence-electron chi connectivity index (χ4n) is 3.72. The molecule has 1 unspecified atom stereocenters. The predicted molar refractivity (Wildman–Crippen MR) is 96.8 cm³/mol. The molecular weight excluding hydrogens is 342 g/mol. The average Bonchev–Trinajstić information content (AvgIpc) is 3.18. The van der Waals surface area contributed by atoms with E-state index < -0.39 is 4.92 Å². The molecule has 2 aliphatic rings. The molecule has 25 heavy (non-hydrogen) atoms. The van der Waals surface area contributed by atoms with E-state index in [1.807, 2.05) is 4.90 Å². The van der Waals surface area contributed by atoms with Crippen LogP contribution in [0.15, 0.2) is 24.3 Å². The van der Waals surface area contributed by atoms with Gasteiger partial charge in [-0.25, -0.2) is 4.79 Å². The summed E-state index contributed by atoms with van der Waals surface area (Å²) in [6, 6.07) is 6.23. The third-order valence-corrected chi connectivity index (χ3v) is 5.41. The number of amides is 1. The van der Waals surface area contributed by atoms with Crippen LogP contribution in [0.5, 0.6) is 0 Å². The molecule has 1 amide bonds. The molecule has 0 aliphatic carbocycles. The van der Waals surface area contributed by atoms with Crippen molar-refractivity contribution in [2.24, 2.45) is 5.92 Å². The van der Waals surface area contributed by atoms with Crippen molar-refractivity contribution in [3.8, 4) is 0 Å². The number of likely N-dealkylation sites (tertiary alicyclic amines) is 2. The summed E-state index contributed by atoms with van der Waals surface area (Å²) in [5, 5.41) is 10.9. The van der Waals surface area contributed by atoms with Crippen LogP contribution in [0.3, 0.4) is 0 Å². The molecular formula is C17H23N3O4S. The Balaban J connectivity index is 1.58. The summed E-state index contributed by atoms with van der Waals surface area (Å²) in [4.78, 5) is 26.9. The Kier molecular flexibility index (Phi) is 5.48. The van der Waals surface area contributed by atoms with Crippen LogP contribution in [-0.2, 0) is 11.3 Å². The zero-order valence-corrected chi connectivity index (χ0v) is 15.1. The normalized spacial score (nSPS) is 26.8. The average molecular weight is 365 g/mol. The van der Waals surface area contributed by atoms with Crippen LogP contribution in [0, 0.1) is 16.0 Å². The number of thiol groups is 1. The molecule has 136 valence electrons. The van der Waals surface area contributed by atoms with Crippen molar-refractivity contribution in [1.82, 2.24) is 9.80 Å². The monoisotopic (exact) mass is 365 g/mol. The first-order valence-corrected chi connectivity index (χ1v) is 8.99. The molecule has 1 aromatic rings. The van der Waals surface area contributed by atoms with E-state index in [9.17, 15) is 14.9 Å². The zero-order chi connectivity index (χ0) is 18.0. The van der Waals surface area contributed by atoms with Gasteiger partial charge in [-0.1, -0.05) is 0 Å². The highest BCUT2D eigenvalue weighted by Crippen LogP contribution is 2.32. The van der Waals surface area contributed by atoms with Gasteiger partial charge in [-0.05, 0) is 50.0 Å². The summed E-state index contributed by atoms with van der Waals surface area (Å²) in [5.41, 5.74) is 0.760. The topological polar surface area (TPSA) is 75.9 Å². The van der Waals surface area contributed by atoms with Gasteiger partial charge in [-0.3, -0.25) is 10.1 Å². The Morgan fingerprint density at radius 3 is 2.68 bits per heavy atom. The van der Waals surface area contributed by atoms with Gasteiger partial charge in [0, 0.05) is 36.5 Å². The van der Waals surface area contributed by atoms with Gasteiger partial charge in [0.1, 0.15) is 6.61 Å². The molecule has 0 radical (unpaired) electrons. The number of carbonyl (C=O) groups excluding carboxylic acids is 1. The molecule has 2 fully saturated rings. The second kappa shape index (κ2) is 7.61. The van der Waals surface area contributed by atoms with Crippen molar-refractivity contribution >= 4 is 24.4 Å². The number of nitro groups is 1. The maximum Gasteiger partial charge on any atom is 0.410 e. The summed E-state index contributed by atoms with van der Waals surface area (Å²) in [5.74, 6) is 0.467. The maximum absolute atomic E-state index is 12.5. The Bertz CT molecular complexity index is 639. The Labute approximate surface area is 152 Å². The van der Waals surface area contributed by atoms with Crippen LogP contribution in [0.4, 0.5) is 10.5 Å². The Morgan fingerprint density at radius 1 is 1.36 bits per heavy atom. The van der Waals surface area contributed by atoms with Gasteiger partial charge in [0.2, 0.25) is 0 Å². The molecule has 1 aromatic carbocycles. The first-order chi connectivity index (χ1) is 11.9. The van der Waals surface area contributed by atoms with Crippen LogP contribution >= 0.6 is 12.6 Å². The van der Waals surface area contributed by atoms with Gasteiger partial charge in [0.05, 0.1) is 4.92 Å². The van der Waals surface area contributed by atoms with Crippen molar-refractivity contribution in [3.63, 3.8) is 0 Å². The summed E-state index contributed by atoms with van der Waals surface area (Å²) >= 11 is 4.56. The number of ether oxygens (including phenoxy) is 1. The van der Waals surface area contributed by atoms with Gasteiger partial charge in [0.25, 0.3) is 5.69 Å². The van der Waals surface area contributed by atoms with E-state index in [1.165, 1.54) is 12.1 Å². The quantitative estimate of drug-likeness (QED) is 0.504. The number of nitrogens with zero attached hydrogens (tertiary/aromatic N) is 3. The van der Waals surface area contributed by atoms with Gasteiger partial charge < -0.3 is 14.5 Å². The highest BCUT2D eigenvalue weighted by atomic mass is 32.1. The maximum atomic E-state index is 12.5. The van der Waals surface area contributed by atoms with Crippen molar-refractivity contribution in [1.29, 1.82) is 0 Å². The zero-order valence-electron chi connectivity index (χ0n) is 14.2. The van der Waals surface area contributed by atoms with Crippen molar-refractivity contribution < 1.29 is 14.5 Å². The Hall–Kier alpha value is -1.80. The number of rotatable bonds is 4. The van der Waals surface area contributed by atoms with Crippen LogP contribution in [0.2, 0.25) is 0 Å². The molecule has 0 spiro atoms. The molecule has 3 rings (SSSR count).